The van der Waals surface area contributed by atoms with Gasteiger partial charge in [-0.1, -0.05) is 6.92 Å². The molecule has 0 radical (unpaired) electrons. The second-order valence-corrected chi connectivity index (χ2v) is 6.90. The van der Waals surface area contributed by atoms with Crippen molar-refractivity contribution in [3.05, 3.63) is 19.2 Å². The van der Waals surface area contributed by atoms with Crippen molar-refractivity contribution < 1.29 is 4.74 Å². The van der Waals surface area contributed by atoms with E-state index in [9.17, 15) is 0 Å². The van der Waals surface area contributed by atoms with Crippen LogP contribution in [0.1, 0.15) is 17.8 Å². The lowest BCUT2D eigenvalue weighted by Crippen LogP contribution is -2.35. The molecule has 0 aliphatic carbocycles. The van der Waals surface area contributed by atoms with Gasteiger partial charge in [-0.3, -0.25) is 4.90 Å². The Morgan fingerprint density at radius 2 is 2.24 bits per heavy atom. The molecule has 0 aliphatic rings. The van der Waals surface area contributed by atoms with Crippen molar-refractivity contribution in [2.45, 2.75) is 13.0 Å². The first kappa shape index (κ1) is 15.6. The average Bonchev–Trinajstić information content (AvgIpc) is 2.64. The Balaban J connectivity index is 2.80. The third-order valence-electron chi connectivity index (χ3n) is 2.65. The second-order valence-electron chi connectivity index (χ2n) is 3.64. The van der Waals surface area contributed by atoms with E-state index in [4.69, 9.17) is 10.5 Å². The quantitative estimate of drug-likeness (QED) is 0.782. The molecule has 2 N–H and O–H groups in total. The highest BCUT2D eigenvalue weighted by Gasteiger charge is 2.20. The molecule has 1 aromatic rings. The van der Waals surface area contributed by atoms with E-state index in [0.29, 0.717) is 6.54 Å². The maximum Gasteiger partial charge on any atom is 0.0843 e. The minimum atomic E-state index is 0.266. The predicted molar refractivity (Wildman–Crippen MR) is 80.6 cm³/mol. The minimum absolute atomic E-state index is 0.266. The summed E-state index contributed by atoms with van der Waals surface area (Å²) in [5, 5.41) is 0. The molecular formula is C11H18Br2N2OS. The van der Waals surface area contributed by atoms with Gasteiger partial charge in [0, 0.05) is 29.5 Å². The van der Waals surface area contributed by atoms with Gasteiger partial charge in [-0.2, -0.15) is 0 Å². The van der Waals surface area contributed by atoms with Gasteiger partial charge in [-0.25, -0.2) is 0 Å². The summed E-state index contributed by atoms with van der Waals surface area (Å²) in [5.41, 5.74) is 5.91. The van der Waals surface area contributed by atoms with Crippen LogP contribution in [-0.4, -0.2) is 38.3 Å². The zero-order valence-corrected chi connectivity index (χ0v) is 14.1. The standard InChI is InChI=1S/C11H18Br2N2OS/c1-3-15(4-5-16-2)9(7-14)10-6-8(12)11(13)17-10/h6,9H,3-5,7,14H2,1-2H3. The number of nitrogens with zero attached hydrogens (tertiary/aromatic N) is 1. The summed E-state index contributed by atoms with van der Waals surface area (Å²) in [6.45, 7) is 5.38. The number of rotatable bonds is 7. The van der Waals surface area contributed by atoms with Gasteiger partial charge >= 0.3 is 0 Å². The topological polar surface area (TPSA) is 38.5 Å². The van der Waals surface area contributed by atoms with E-state index in [2.05, 4.69) is 49.7 Å². The molecule has 1 heterocycles. The van der Waals surface area contributed by atoms with Crippen LogP contribution in [0.15, 0.2) is 14.3 Å². The summed E-state index contributed by atoms with van der Waals surface area (Å²) >= 11 is 8.77. The number of likely N-dealkylation sites (N-methyl/N-ethyl adjacent to an activating group) is 1. The number of hydrogen-bond acceptors (Lipinski definition) is 4. The fourth-order valence-corrected chi connectivity index (χ4v) is 3.95. The molecule has 6 heteroatoms. The number of methoxy groups -OCH3 is 1. The highest BCUT2D eigenvalue weighted by atomic mass is 79.9. The van der Waals surface area contributed by atoms with E-state index >= 15 is 0 Å². The summed E-state index contributed by atoms with van der Waals surface area (Å²) in [6, 6.07) is 2.41. The fraction of sp³-hybridized carbons (Fsp3) is 0.636. The highest BCUT2D eigenvalue weighted by molar-refractivity contribution is 9.13. The Labute approximate surface area is 124 Å². The van der Waals surface area contributed by atoms with Gasteiger partial charge in [-0.05, 0) is 44.5 Å². The van der Waals surface area contributed by atoms with Crippen molar-refractivity contribution >= 4 is 43.2 Å². The van der Waals surface area contributed by atoms with Crippen molar-refractivity contribution in [1.82, 2.24) is 4.90 Å². The van der Waals surface area contributed by atoms with E-state index in [1.807, 2.05) is 0 Å². The second kappa shape index (κ2) is 7.86. The van der Waals surface area contributed by atoms with Gasteiger partial charge in [0.15, 0.2) is 0 Å². The van der Waals surface area contributed by atoms with Crippen LogP contribution in [0.2, 0.25) is 0 Å². The number of nitrogens with two attached hydrogens (primary N) is 1. The normalized spacial score (nSPS) is 13.3. The minimum Gasteiger partial charge on any atom is -0.383 e. The maximum atomic E-state index is 5.91. The van der Waals surface area contributed by atoms with E-state index in [0.717, 1.165) is 28.0 Å². The summed E-state index contributed by atoms with van der Waals surface area (Å²) in [5.74, 6) is 0. The van der Waals surface area contributed by atoms with Crippen LogP contribution >= 0.6 is 43.2 Å². The summed E-state index contributed by atoms with van der Waals surface area (Å²) < 4.78 is 7.35. The first-order valence-corrected chi connectivity index (χ1v) is 7.92. The fourth-order valence-electron chi connectivity index (χ4n) is 1.72. The summed E-state index contributed by atoms with van der Waals surface area (Å²) in [6.07, 6.45) is 0. The number of halogens is 2. The molecule has 1 aromatic heterocycles. The molecule has 98 valence electrons. The molecule has 0 aromatic carbocycles. The van der Waals surface area contributed by atoms with Crippen LogP contribution in [0, 0.1) is 0 Å². The smallest absolute Gasteiger partial charge is 0.0843 e. The van der Waals surface area contributed by atoms with Crippen molar-refractivity contribution in [2.75, 3.05) is 33.4 Å². The Morgan fingerprint density at radius 1 is 1.53 bits per heavy atom. The molecule has 0 aliphatic heterocycles. The number of thiophene rings is 1. The largest absolute Gasteiger partial charge is 0.383 e. The zero-order valence-electron chi connectivity index (χ0n) is 10.1. The lowest BCUT2D eigenvalue weighted by molar-refractivity contribution is 0.127. The van der Waals surface area contributed by atoms with Crippen molar-refractivity contribution in [2.24, 2.45) is 5.73 Å². The van der Waals surface area contributed by atoms with Crippen molar-refractivity contribution in [3.63, 3.8) is 0 Å². The molecule has 1 atom stereocenters. The number of ether oxygens (including phenoxy) is 1. The maximum absolute atomic E-state index is 5.91. The van der Waals surface area contributed by atoms with Gasteiger partial charge < -0.3 is 10.5 Å². The molecule has 0 saturated carbocycles. The van der Waals surface area contributed by atoms with E-state index in [-0.39, 0.29) is 6.04 Å². The first-order valence-electron chi connectivity index (χ1n) is 5.51. The van der Waals surface area contributed by atoms with Crippen molar-refractivity contribution in [1.29, 1.82) is 0 Å². The zero-order chi connectivity index (χ0) is 12.8. The molecule has 3 nitrogen and oxygen atoms in total. The Hall–Kier alpha value is 0.540. The lowest BCUT2D eigenvalue weighted by atomic mass is 10.2. The Bertz CT molecular complexity index is 327. The van der Waals surface area contributed by atoms with Gasteiger partial charge in [0.2, 0.25) is 0 Å². The Kier molecular flexibility index (Phi) is 7.21. The first-order chi connectivity index (χ1) is 8.13. The van der Waals surface area contributed by atoms with Crippen LogP contribution in [0.4, 0.5) is 0 Å². The molecule has 1 unspecified atom stereocenters. The van der Waals surface area contributed by atoms with Gasteiger partial charge in [0.25, 0.3) is 0 Å². The average molecular weight is 386 g/mol. The number of hydrogen-bond donors (Lipinski definition) is 1. The third kappa shape index (κ3) is 4.29. The molecule has 17 heavy (non-hydrogen) atoms. The molecule has 0 amide bonds. The molecule has 0 spiro atoms. The van der Waals surface area contributed by atoms with Gasteiger partial charge in [-0.15, -0.1) is 11.3 Å². The van der Waals surface area contributed by atoms with E-state index < -0.39 is 0 Å². The molecule has 1 rings (SSSR count). The molecule has 0 saturated heterocycles. The van der Waals surface area contributed by atoms with Crippen LogP contribution in [0.5, 0.6) is 0 Å². The van der Waals surface area contributed by atoms with Crippen LogP contribution in [0.25, 0.3) is 0 Å². The van der Waals surface area contributed by atoms with E-state index in [1.54, 1.807) is 18.4 Å². The molecule has 0 fully saturated rings. The Morgan fingerprint density at radius 3 is 2.65 bits per heavy atom. The van der Waals surface area contributed by atoms with Crippen molar-refractivity contribution in [3.8, 4) is 0 Å². The van der Waals surface area contributed by atoms with Gasteiger partial charge in [0.1, 0.15) is 0 Å². The third-order valence-corrected chi connectivity index (χ3v) is 6.00. The lowest BCUT2D eigenvalue weighted by Gasteiger charge is -2.28. The summed E-state index contributed by atoms with van der Waals surface area (Å²) in [7, 11) is 1.73. The summed E-state index contributed by atoms with van der Waals surface area (Å²) in [4.78, 5) is 3.62. The SMILES string of the molecule is CCN(CCOC)C(CN)c1cc(Br)c(Br)s1. The van der Waals surface area contributed by atoms with E-state index in [1.165, 1.54) is 4.88 Å². The highest BCUT2D eigenvalue weighted by Crippen LogP contribution is 2.36. The monoisotopic (exact) mass is 384 g/mol. The molecule has 0 bridgehead atoms. The van der Waals surface area contributed by atoms with Gasteiger partial charge in [0.05, 0.1) is 16.4 Å². The predicted octanol–water partition coefficient (Wildman–Crippen LogP) is 3.24. The van der Waals surface area contributed by atoms with Crippen LogP contribution in [-0.2, 0) is 4.74 Å². The van der Waals surface area contributed by atoms with Crippen LogP contribution in [0.3, 0.4) is 0 Å². The van der Waals surface area contributed by atoms with Crippen LogP contribution < -0.4 is 5.73 Å². The molecular weight excluding hydrogens is 368 g/mol.